The van der Waals surface area contributed by atoms with Crippen LogP contribution in [0.4, 0.5) is 5.69 Å². The van der Waals surface area contributed by atoms with Crippen molar-refractivity contribution in [2.45, 2.75) is 31.5 Å². The maximum Gasteiger partial charge on any atom is 0.237 e. The first-order valence-electron chi connectivity index (χ1n) is 13.9. The topological polar surface area (TPSA) is 78.7 Å². The molecular weight excluding hydrogens is 560 g/mol. The fourth-order valence-corrected chi connectivity index (χ4v) is 5.57. The van der Waals surface area contributed by atoms with Crippen LogP contribution in [0, 0.1) is 0 Å². The molecule has 1 heterocycles. The third-order valence-corrected chi connectivity index (χ3v) is 7.64. The lowest BCUT2D eigenvalue weighted by Crippen LogP contribution is -2.38. The van der Waals surface area contributed by atoms with Crippen molar-refractivity contribution < 1.29 is 19.0 Å². The van der Waals surface area contributed by atoms with E-state index in [2.05, 4.69) is 10.2 Å². The second-order valence-corrected chi connectivity index (χ2v) is 10.9. The third kappa shape index (κ3) is 7.18. The molecule has 4 aromatic carbocycles. The fourth-order valence-electron chi connectivity index (χ4n) is 4.74. The van der Waals surface area contributed by atoms with E-state index in [0.29, 0.717) is 28.8 Å². The van der Waals surface area contributed by atoms with Gasteiger partial charge in [-0.15, -0.1) is 10.2 Å². The standard InChI is InChI=1S/C34H34N4O4S/c1-24(2)37(26-11-7-5-8-12-26)33(39)23-43-34-36-35-32(22-25-15-20-30(40-3)31(21-25)41-4)38(34)27-16-18-29(19-17-27)42-28-13-9-6-10-14-28/h5-21,24H,22-23H2,1-4H3. The van der Waals surface area contributed by atoms with Crippen LogP contribution in [0.3, 0.4) is 0 Å². The van der Waals surface area contributed by atoms with Crippen LogP contribution in [-0.4, -0.2) is 46.7 Å². The van der Waals surface area contributed by atoms with Crippen LogP contribution in [0.1, 0.15) is 25.2 Å². The SMILES string of the molecule is COc1ccc(Cc2nnc(SCC(=O)N(c3ccccc3)C(C)C)n2-c2ccc(Oc3ccccc3)cc2)cc1OC. The van der Waals surface area contributed by atoms with Crippen molar-refractivity contribution in [3.05, 3.63) is 115 Å². The van der Waals surface area contributed by atoms with Crippen LogP contribution in [-0.2, 0) is 11.2 Å². The number of benzene rings is 4. The molecule has 0 spiro atoms. The molecule has 8 nitrogen and oxygen atoms in total. The highest BCUT2D eigenvalue weighted by molar-refractivity contribution is 7.99. The first kappa shape index (κ1) is 29.7. The van der Waals surface area contributed by atoms with E-state index in [1.165, 1.54) is 11.8 Å². The van der Waals surface area contributed by atoms with Crippen molar-refractivity contribution in [2.75, 3.05) is 24.9 Å². The molecule has 5 aromatic rings. The molecule has 0 fully saturated rings. The molecule has 43 heavy (non-hydrogen) atoms. The van der Waals surface area contributed by atoms with Crippen molar-refractivity contribution in [1.29, 1.82) is 0 Å². The Morgan fingerprint density at radius 2 is 1.47 bits per heavy atom. The van der Waals surface area contributed by atoms with E-state index >= 15 is 0 Å². The lowest BCUT2D eigenvalue weighted by molar-refractivity contribution is -0.116. The highest BCUT2D eigenvalue weighted by Gasteiger charge is 2.22. The molecule has 9 heteroatoms. The Morgan fingerprint density at radius 1 is 0.814 bits per heavy atom. The summed E-state index contributed by atoms with van der Waals surface area (Å²) in [4.78, 5) is 15.3. The number of ether oxygens (including phenoxy) is 3. The van der Waals surface area contributed by atoms with Gasteiger partial charge in [-0.25, -0.2) is 0 Å². The molecule has 0 unspecified atom stereocenters. The van der Waals surface area contributed by atoms with E-state index in [0.717, 1.165) is 28.5 Å². The van der Waals surface area contributed by atoms with E-state index in [4.69, 9.17) is 14.2 Å². The second-order valence-electron chi connectivity index (χ2n) is 9.99. The number of aromatic nitrogens is 3. The smallest absolute Gasteiger partial charge is 0.237 e. The molecule has 0 aliphatic heterocycles. The Morgan fingerprint density at radius 3 is 2.12 bits per heavy atom. The summed E-state index contributed by atoms with van der Waals surface area (Å²) in [6.07, 6.45) is 0.492. The quantitative estimate of drug-likeness (QED) is 0.141. The van der Waals surface area contributed by atoms with Crippen LogP contribution in [0.15, 0.2) is 108 Å². The average molecular weight is 595 g/mol. The molecule has 0 bridgehead atoms. The molecule has 0 aliphatic carbocycles. The van der Waals surface area contributed by atoms with Gasteiger partial charge < -0.3 is 19.1 Å². The number of methoxy groups -OCH3 is 2. The molecule has 0 atom stereocenters. The fraction of sp³-hybridized carbons (Fsp3) is 0.206. The maximum atomic E-state index is 13.5. The summed E-state index contributed by atoms with van der Waals surface area (Å²) >= 11 is 1.36. The zero-order chi connectivity index (χ0) is 30.2. The Labute approximate surface area is 256 Å². The van der Waals surface area contributed by atoms with Crippen LogP contribution < -0.4 is 19.1 Å². The van der Waals surface area contributed by atoms with E-state index in [-0.39, 0.29) is 17.7 Å². The van der Waals surface area contributed by atoms with Crippen molar-refractivity contribution in [1.82, 2.24) is 14.8 Å². The monoisotopic (exact) mass is 594 g/mol. The van der Waals surface area contributed by atoms with Gasteiger partial charge >= 0.3 is 0 Å². The van der Waals surface area contributed by atoms with Gasteiger partial charge in [-0.05, 0) is 80.1 Å². The number of thioether (sulfide) groups is 1. The lowest BCUT2D eigenvalue weighted by Gasteiger charge is -2.26. The van der Waals surface area contributed by atoms with E-state index < -0.39 is 0 Å². The maximum absolute atomic E-state index is 13.5. The average Bonchev–Trinajstić information content (AvgIpc) is 3.43. The van der Waals surface area contributed by atoms with Crippen LogP contribution >= 0.6 is 11.8 Å². The predicted molar refractivity (Wildman–Crippen MR) is 170 cm³/mol. The van der Waals surface area contributed by atoms with Gasteiger partial charge in [-0.1, -0.05) is 54.2 Å². The Bertz CT molecular complexity index is 1640. The van der Waals surface area contributed by atoms with Gasteiger partial charge in [0.15, 0.2) is 16.7 Å². The summed E-state index contributed by atoms with van der Waals surface area (Å²) < 4.78 is 18.9. The molecule has 0 N–H and O–H groups in total. The zero-order valence-corrected chi connectivity index (χ0v) is 25.5. The minimum atomic E-state index is -0.00574. The summed E-state index contributed by atoms with van der Waals surface area (Å²) in [6, 6.07) is 32.9. The third-order valence-electron chi connectivity index (χ3n) is 6.73. The summed E-state index contributed by atoms with van der Waals surface area (Å²) in [7, 11) is 3.23. The summed E-state index contributed by atoms with van der Waals surface area (Å²) in [5.41, 5.74) is 2.71. The largest absolute Gasteiger partial charge is 0.493 e. The summed E-state index contributed by atoms with van der Waals surface area (Å²) in [5, 5.41) is 9.70. The van der Waals surface area contributed by atoms with Gasteiger partial charge in [0.2, 0.25) is 5.91 Å². The Kier molecular flexibility index (Phi) is 9.63. The molecule has 0 saturated heterocycles. The van der Waals surface area contributed by atoms with Crippen molar-refractivity contribution in [3.63, 3.8) is 0 Å². The number of hydrogen-bond acceptors (Lipinski definition) is 7. The number of carbonyl (C=O) groups excluding carboxylic acids is 1. The van der Waals surface area contributed by atoms with Gasteiger partial charge in [0.1, 0.15) is 17.3 Å². The Hall–Kier alpha value is -4.76. The van der Waals surface area contributed by atoms with E-state index in [1.54, 1.807) is 14.2 Å². The van der Waals surface area contributed by atoms with Crippen molar-refractivity contribution in [2.24, 2.45) is 0 Å². The number of nitrogens with zero attached hydrogens (tertiary/aromatic N) is 4. The van der Waals surface area contributed by atoms with E-state index in [1.807, 2.05) is 126 Å². The van der Waals surface area contributed by atoms with E-state index in [9.17, 15) is 4.79 Å². The van der Waals surface area contributed by atoms with Crippen LogP contribution in [0.5, 0.6) is 23.0 Å². The number of anilines is 1. The molecule has 5 rings (SSSR count). The van der Waals surface area contributed by atoms with Gasteiger partial charge in [0.05, 0.1) is 20.0 Å². The summed E-state index contributed by atoms with van der Waals surface area (Å²) in [5.74, 6) is 3.70. The van der Waals surface area contributed by atoms with Crippen molar-refractivity contribution in [3.8, 4) is 28.7 Å². The highest BCUT2D eigenvalue weighted by atomic mass is 32.2. The lowest BCUT2D eigenvalue weighted by atomic mass is 10.1. The van der Waals surface area contributed by atoms with Crippen LogP contribution in [0.2, 0.25) is 0 Å². The molecule has 0 radical (unpaired) electrons. The molecule has 220 valence electrons. The van der Waals surface area contributed by atoms with Gasteiger partial charge in [-0.3, -0.25) is 9.36 Å². The molecule has 0 saturated carbocycles. The molecule has 1 aromatic heterocycles. The minimum Gasteiger partial charge on any atom is -0.493 e. The Balaban J connectivity index is 1.44. The number of carbonyl (C=O) groups is 1. The number of para-hydroxylation sites is 2. The molecule has 0 aliphatic rings. The predicted octanol–water partition coefficient (Wildman–Crippen LogP) is 7.20. The van der Waals surface area contributed by atoms with Crippen LogP contribution in [0.25, 0.3) is 5.69 Å². The first-order chi connectivity index (χ1) is 21.0. The highest BCUT2D eigenvalue weighted by Crippen LogP contribution is 2.31. The van der Waals surface area contributed by atoms with Gasteiger partial charge in [0, 0.05) is 23.8 Å². The first-order valence-corrected chi connectivity index (χ1v) is 14.9. The van der Waals surface area contributed by atoms with Gasteiger partial charge in [0.25, 0.3) is 0 Å². The van der Waals surface area contributed by atoms with Gasteiger partial charge in [-0.2, -0.15) is 0 Å². The minimum absolute atomic E-state index is 0.00569. The number of amides is 1. The van der Waals surface area contributed by atoms with Crippen molar-refractivity contribution >= 4 is 23.4 Å². The molecular formula is C34H34N4O4S. The number of hydrogen-bond donors (Lipinski definition) is 0. The second kappa shape index (κ2) is 13.9. The number of rotatable bonds is 12. The molecule has 1 amide bonds. The normalized spacial score (nSPS) is 10.9. The summed E-state index contributed by atoms with van der Waals surface area (Å²) in [6.45, 7) is 4.02. The zero-order valence-electron chi connectivity index (χ0n) is 24.6.